The first kappa shape index (κ1) is 16.5. The van der Waals surface area contributed by atoms with Crippen molar-refractivity contribution in [3.05, 3.63) is 39.7 Å². The van der Waals surface area contributed by atoms with Gasteiger partial charge in [0.1, 0.15) is 0 Å². The van der Waals surface area contributed by atoms with Crippen LogP contribution in [0, 0.1) is 15.9 Å². The number of likely N-dealkylation sites (N-methyl/N-ethyl adjacent to an activating group) is 1. The summed E-state index contributed by atoms with van der Waals surface area (Å²) >= 11 is 0. The molecular formula is C14H22FN3O2. The van der Waals surface area contributed by atoms with Gasteiger partial charge in [0.25, 0.3) is 0 Å². The molecule has 0 saturated heterocycles. The van der Waals surface area contributed by atoms with Gasteiger partial charge in [-0.3, -0.25) is 15.0 Å². The molecule has 6 heteroatoms. The zero-order valence-corrected chi connectivity index (χ0v) is 12.3. The molecule has 0 aliphatic heterocycles. The van der Waals surface area contributed by atoms with Crippen molar-refractivity contribution in [1.82, 2.24) is 9.80 Å². The molecule has 0 atom stereocenters. The minimum atomic E-state index is -0.767. The Morgan fingerprint density at radius 3 is 2.45 bits per heavy atom. The summed E-state index contributed by atoms with van der Waals surface area (Å²) in [7, 11) is 4.02. The lowest BCUT2D eigenvalue weighted by Gasteiger charge is -2.23. The molecule has 0 spiro atoms. The van der Waals surface area contributed by atoms with E-state index in [4.69, 9.17) is 0 Å². The summed E-state index contributed by atoms with van der Waals surface area (Å²) in [6.07, 6.45) is 1.02. The fourth-order valence-corrected chi connectivity index (χ4v) is 1.98. The lowest BCUT2D eigenvalue weighted by molar-refractivity contribution is -0.387. The first-order chi connectivity index (χ1) is 9.43. The third kappa shape index (κ3) is 5.22. The summed E-state index contributed by atoms with van der Waals surface area (Å²) in [5.41, 5.74) is 0.296. The van der Waals surface area contributed by atoms with Crippen molar-refractivity contribution in [2.45, 2.75) is 19.9 Å². The third-order valence-corrected chi connectivity index (χ3v) is 3.02. The average molecular weight is 283 g/mol. The van der Waals surface area contributed by atoms with Gasteiger partial charge < -0.3 is 4.90 Å². The topological polar surface area (TPSA) is 49.6 Å². The van der Waals surface area contributed by atoms with Crippen molar-refractivity contribution >= 4 is 5.69 Å². The number of nitro benzene ring substituents is 1. The van der Waals surface area contributed by atoms with Gasteiger partial charge in [-0.1, -0.05) is 13.0 Å². The largest absolute Gasteiger partial charge is 0.308 e. The first-order valence-electron chi connectivity index (χ1n) is 6.74. The normalized spacial score (nSPS) is 11.3. The zero-order valence-electron chi connectivity index (χ0n) is 12.3. The van der Waals surface area contributed by atoms with E-state index in [1.165, 1.54) is 12.1 Å². The molecule has 0 radical (unpaired) electrons. The maximum atomic E-state index is 13.6. The first-order valence-corrected chi connectivity index (χ1v) is 6.74. The zero-order chi connectivity index (χ0) is 15.1. The van der Waals surface area contributed by atoms with Crippen molar-refractivity contribution in [3.63, 3.8) is 0 Å². The fourth-order valence-electron chi connectivity index (χ4n) is 1.98. The lowest BCUT2D eigenvalue weighted by atomic mass is 10.2. The molecular weight excluding hydrogens is 261 g/mol. The van der Waals surface area contributed by atoms with Crippen LogP contribution < -0.4 is 0 Å². The Labute approximate surface area is 119 Å². The van der Waals surface area contributed by atoms with Crippen LogP contribution in [0.2, 0.25) is 0 Å². The van der Waals surface area contributed by atoms with Gasteiger partial charge >= 0.3 is 5.69 Å². The molecule has 0 bridgehead atoms. The quantitative estimate of drug-likeness (QED) is 0.543. The predicted molar refractivity (Wildman–Crippen MR) is 77.2 cm³/mol. The van der Waals surface area contributed by atoms with Gasteiger partial charge in [0.05, 0.1) is 4.92 Å². The van der Waals surface area contributed by atoms with Crippen LogP contribution in [0.3, 0.4) is 0 Å². The molecule has 0 amide bonds. The van der Waals surface area contributed by atoms with Crippen LogP contribution in [0.1, 0.15) is 18.9 Å². The highest BCUT2D eigenvalue weighted by atomic mass is 19.1. The molecule has 1 aromatic rings. The average Bonchev–Trinajstić information content (AvgIpc) is 2.35. The van der Waals surface area contributed by atoms with E-state index in [9.17, 15) is 14.5 Å². The van der Waals surface area contributed by atoms with E-state index in [1.807, 2.05) is 14.1 Å². The molecule has 20 heavy (non-hydrogen) atoms. The molecule has 112 valence electrons. The van der Waals surface area contributed by atoms with Crippen molar-refractivity contribution < 1.29 is 9.31 Å². The van der Waals surface area contributed by atoms with Crippen molar-refractivity contribution in [3.8, 4) is 0 Å². The Bertz CT molecular complexity index is 452. The highest BCUT2D eigenvalue weighted by molar-refractivity contribution is 5.34. The van der Waals surface area contributed by atoms with Crippen molar-refractivity contribution in [2.75, 3.05) is 33.7 Å². The lowest BCUT2D eigenvalue weighted by Crippen LogP contribution is -2.32. The number of nitrogens with zero attached hydrogens (tertiary/aromatic N) is 3. The minimum absolute atomic E-state index is 0.468. The van der Waals surface area contributed by atoms with Gasteiger partial charge in [0, 0.05) is 25.7 Å². The molecule has 0 N–H and O–H groups in total. The SMILES string of the molecule is CCCN(CCN(C)C)Cc1ccc([N+](=O)[O-])c(F)c1. The number of benzene rings is 1. The second-order valence-electron chi connectivity index (χ2n) is 5.12. The van der Waals surface area contributed by atoms with Crippen LogP contribution in [-0.2, 0) is 6.54 Å². The summed E-state index contributed by atoms with van der Waals surface area (Å²) in [6, 6.07) is 4.12. The fraction of sp³-hybridized carbons (Fsp3) is 0.571. The molecule has 0 heterocycles. The van der Waals surface area contributed by atoms with E-state index in [1.54, 1.807) is 6.07 Å². The highest BCUT2D eigenvalue weighted by Crippen LogP contribution is 2.19. The van der Waals surface area contributed by atoms with Crippen LogP contribution in [0.15, 0.2) is 18.2 Å². The Hall–Kier alpha value is -1.53. The Morgan fingerprint density at radius 1 is 1.25 bits per heavy atom. The van der Waals surface area contributed by atoms with Crippen molar-refractivity contribution in [1.29, 1.82) is 0 Å². The van der Waals surface area contributed by atoms with Crippen molar-refractivity contribution in [2.24, 2.45) is 0 Å². The molecule has 1 rings (SSSR count). The summed E-state index contributed by atoms with van der Waals surface area (Å²) in [5.74, 6) is -0.767. The van der Waals surface area contributed by atoms with E-state index in [2.05, 4.69) is 16.7 Å². The van der Waals surface area contributed by atoms with Gasteiger partial charge in [-0.15, -0.1) is 0 Å². The summed E-state index contributed by atoms with van der Waals surface area (Å²) in [5, 5.41) is 10.6. The second kappa shape index (κ2) is 7.91. The summed E-state index contributed by atoms with van der Waals surface area (Å²) in [6.45, 7) is 5.44. The van der Waals surface area contributed by atoms with Gasteiger partial charge in [0.15, 0.2) is 0 Å². The van der Waals surface area contributed by atoms with E-state index in [0.717, 1.165) is 31.6 Å². The van der Waals surface area contributed by atoms with E-state index in [-0.39, 0.29) is 0 Å². The standard InChI is InChI=1S/C14H22FN3O2/c1-4-7-17(9-8-16(2)3)11-12-5-6-14(18(19)20)13(15)10-12/h5-6,10H,4,7-9,11H2,1-3H3. The Balaban J connectivity index is 2.72. The summed E-state index contributed by atoms with van der Waals surface area (Å²) < 4.78 is 13.6. The van der Waals surface area contributed by atoms with Crippen LogP contribution in [0.4, 0.5) is 10.1 Å². The monoisotopic (exact) mass is 283 g/mol. The molecule has 0 aromatic heterocycles. The van der Waals surface area contributed by atoms with E-state index >= 15 is 0 Å². The van der Waals surface area contributed by atoms with Gasteiger partial charge in [0.2, 0.25) is 5.82 Å². The number of rotatable bonds is 8. The second-order valence-corrected chi connectivity index (χ2v) is 5.12. The number of hydrogen-bond acceptors (Lipinski definition) is 4. The third-order valence-electron chi connectivity index (χ3n) is 3.02. The molecule has 0 aliphatic carbocycles. The maximum absolute atomic E-state index is 13.6. The number of hydrogen-bond donors (Lipinski definition) is 0. The van der Waals surface area contributed by atoms with E-state index in [0.29, 0.717) is 6.54 Å². The number of nitro groups is 1. The Morgan fingerprint density at radius 2 is 1.95 bits per heavy atom. The highest BCUT2D eigenvalue weighted by Gasteiger charge is 2.15. The molecule has 0 fully saturated rings. The van der Waals surface area contributed by atoms with Crippen LogP contribution >= 0.6 is 0 Å². The predicted octanol–water partition coefficient (Wildman–Crippen LogP) is 2.51. The molecule has 1 aromatic carbocycles. The molecule has 0 aliphatic rings. The number of halogens is 1. The van der Waals surface area contributed by atoms with E-state index < -0.39 is 16.4 Å². The van der Waals surface area contributed by atoms with Crippen LogP contribution in [-0.4, -0.2) is 48.5 Å². The van der Waals surface area contributed by atoms with Crippen LogP contribution in [0.5, 0.6) is 0 Å². The van der Waals surface area contributed by atoms with Crippen LogP contribution in [0.25, 0.3) is 0 Å². The van der Waals surface area contributed by atoms with Gasteiger partial charge in [-0.2, -0.15) is 4.39 Å². The summed E-state index contributed by atoms with van der Waals surface area (Å²) in [4.78, 5) is 14.2. The van der Waals surface area contributed by atoms with Gasteiger partial charge in [-0.05, 0) is 38.7 Å². The molecule has 5 nitrogen and oxygen atoms in total. The Kier molecular flexibility index (Phi) is 6.54. The maximum Gasteiger partial charge on any atom is 0.304 e. The smallest absolute Gasteiger partial charge is 0.304 e. The minimum Gasteiger partial charge on any atom is -0.308 e. The molecule has 0 saturated carbocycles. The van der Waals surface area contributed by atoms with Gasteiger partial charge in [-0.25, -0.2) is 0 Å². The molecule has 0 unspecified atom stereocenters.